The van der Waals surface area contributed by atoms with Gasteiger partial charge in [0.15, 0.2) is 0 Å². The lowest BCUT2D eigenvalue weighted by Gasteiger charge is -2.35. The highest BCUT2D eigenvalue weighted by Crippen LogP contribution is 2.31. The van der Waals surface area contributed by atoms with Crippen LogP contribution in [0.1, 0.15) is 64.2 Å². The van der Waals surface area contributed by atoms with Gasteiger partial charge >= 0.3 is 0 Å². The third-order valence-electron chi connectivity index (χ3n) is 5.91. The Kier molecular flexibility index (Phi) is 6.11. The fourth-order valence-electron chi connectivity index (χ4n) is 4.40. The van der Waals surface area contributed by atoms with E-state index in [4.69, 9.17) is 0 Å². The summed E-state index contributed by atoms with van der Waals surface area (Å²) in [4.78, 5) is 23.8. The van der Waals surface area contributed by atoms with Gasteiger partial charge in [-0.2, -0.15) is 0 Å². The number of carbonyl (C=O) groups excluding carboxylic acids is 2. The zero-order valence-electron chi connectivity index (χ0n) is 14.9. The Morgan fingerprint density at radius 2 is 1.92 bits per heavy atom. The number of hydrogen-bond acceptors (Lipinski definition) is 4. The van der Waals surface area contributed by atoms with Crippen LogP contribution in [0.4, 0.5) is 0 Å². The summed E-state index contributed by atoms with van der Waals surface area (Å²) in [5, 5.41) is 8.04. The van der Waals surface area contributed by atoms with Gasteiger partial charge in [-0.15, -0.1) is 0 Å². The molecule has 2 saturated heterocycles. The van der Waals surface area contributed by atoms with Crippen molar-refractivity contribution in [3.63, 3.8) is 0 Å². The normalized spacial score (nSPS) is 32.6. The molecular weight excluding hydrogens is 304 g/mol. The summed E-state index contributed by atoms with van der Waals surface area (Å²) < 4.78 is 0. The van der Waals surface area contributed by atoms with Crippen LogP contribution in [0, 0.1) is 11.8 Å². The van der Waals surface area contributed by atoms with Gasteiger partial charge in [-0.3, -0.25) is 19.9 Å². The molecule has 3 N–H and O–H groups in total. The van der Waals surface area contributed by atoms with Crippen molar-refractivity contribution < 1.29 is 9.59 Å². The van der Waals surface area contributed by atoms with E-state index < -0.39 is 0 Å². The molecule has 2 heterocycles. The number of piperidine rings is 1. The highest BCUT2D eigenvalue weighted by atomic mass is 16.2. The smallest absolute Gasteiger partial charge is 0.240 e. The SMILES string of the molecule is CN1NC(C(=O)NC2CCC(CC3CCCCC3)CN2)CCC1=O. The Bertz CT molecular complexity index is 442. The van der Waals surface area contributed by atoms with E-state index in [2.05, 4.69) is 16.1 Å². The van der Waals surface area contributed by atoms with Gasteiger partial charge in [0.05, 0.1) is 6.17 Å². The van der Waals surface area contributed by atoms with Crippen LogP contribution in [0.15, 0.2) is 0 Å². The molecule has 1 aliphatic carbocycles. The van der Waals surface area contributed by atoms with E-state index in [1.165, 1.54) is 50.0 Å². The summed E-state index contributed by atoms with van der Waals surface area (Å²) in [7, 11) is 1.68. The van der Waals surface area contributed by atoms with Gasteiger partial charge in [0.1, 0.15) is 6.04 Å². The molecular formula is C18H32N4O2. The van der Waals surface area contributed by atoms with Crippen LogP contribution in [0.5, 0.6) is 0 Å². The third kappa shape index (κ3) is 4.70. The van der Waals surface area contributed by atoms with Crippen molar-refractivity contribution >= 4 is 11.8 Å². The van der Waals surface area contributed by atoms with Crippen molar-refractivity contribution in [2.45, 2.75) is 76.4 Å². The van der Waals surface area contributed by atoms with Crippen molar-refractivity contribution in [2.75, 3.05) is 13.6 Å². The molecule has 0 radical (unpaired) electrons. The maximum absolute atomic E-state index is 12.4. The Morgan fingerprint density at radius 1 is 1.12 bits per heavy atom. The van der Waals surface area contributed by atoms with Crippen LogP contribution in [-0.2, 0) is 9.59 Å². The lowest BCUT2D eigenvalue weighted by molar-refractivity contribution is -0.140. The first-order chi connectivity index (χ1) is 11.6. The summed E-state index contributed by atoms with van der Waals surface area (Å²) in [6, 6.07) is -0.297. The van der Waals surface area contributed by atoms with Gasteiger partial charge in [0.25, 0.3) is 0 Å². The first-order valence-electron chi connectivity index (χ1n) is 9.68. The zero-order chi connectivity index (χ0) is 16.9. The van der Waals surface area contributed by atoms with Gasteiger partial charge in [0, 0.05) is 13.5 Å². The fourth-order valence-corrected chi connectivity index (χ4v) is 4.40. The van der Waals surface area contributed by atoms with Crippen molar-refractivity contribution in [3.8, 4) is 0 Å². The molecule has 3 atom stereocenters. The summed E-state index contributed by atoms with van der Waals surface area (Å²) in [6.45, 7) is 1.01. The van der Waals surface area contributed by atoms with Crippen molar-refractivity contribution in [1.82, 2.24) is 21.1 Å². The molecule has 0 aromatic heterocycles. The van der Waals surface area contributed by atoms with Crippen LogP contribution >= 0.6 is 0 Å². The predicted molar refractivity (Wildman–Crippen MR) is 92.8 cm³/mol. The molecule has 2 amide bonds. The lowest BCUT2D eigenvalue weighted by atomic mass is 9.80. The number of nitrogens with zero attached hydrogens (tertiary/aromatic N) is 1. The Balaban J connectivity index is 1.37. The molecule has 136 valence electrons. The maximum Gasteiger partial charge on any atom is 0.240 e. The fraction of sp³-hybridized carbons (Fsp3) is 0.889. The second-order valence-electron chi connectivity index (χ2n) is 7.83. The van der Waals surface area contributed by atoms with Gasteiger partial charge in [-0.25, -0.2) is 5.43 Å². The summed E-state index contributed by atoms with van der Waals surface area (Å²) in [5.41, 5.74) is 2.96. The average Bonchev–Trinajstić information content (AvgIpc) is 2.60. The number of carbonyl (C=O) groups is 2. The quantitative estimate of drug-likeness (QED) is 0.728. The molecule has 0 bridgehead atoms. The minimum absolute atomic E-state index is 0.00224. The van der Waals surface area contributed by atoms with Gasteiger partial charge in [-0.05, 0) is 44.1 Å². The molecule has 6 nitrogen and oxygen atoms in total. The predicted octanol–water partition coefficient (Wildman–Crippen LogP) is 1.52. The molecule has 2 aliphatic heterocycles. The third-order valence-corrected chi connectivity index (χ3v) is 5.91. The topological polar surface area (TPSA) is 73.5 Å². The minimum atomic E-state index is -0.297. The van der Waals surface area contributed by atoms with Crippen molar-refractivity contribution in [2.24, 2.45) is 11.8 Å². The average molecular weight is 336 g/mol. The number of nitrogens with one attached hydrogen (secondary N) is 3. The number of hydrazine groups is 1. The molecule has 24 heavy (non-hydrogen) atoms. The van der Waals surface area contributed by atoms with E-state index in [9.17, 15) is 9.59 Å². The Hall–Kier alpha value is -1.14. The van der Waals surface area contributed by atoms with Crippen LogP contribution in [0.25, 0.3) is 0 Å². The highest BCUT2D eigenvalue weighted by molar-refractivity contribution is 5.85. The number of hydrogen-bond donors (Lipinski definition) is 3. The standard InChI is InChI=1S/C18H32N4O2/c1-22-17(23)10-8-15(21-22)18(24)20-16-9-7-14(12-19-16)11-13-5-3-2-4-6-13/h13-16,19,21H,2-12H2,1H3,(H,20,24). The largest absolute Gasteiger partial charge is 0.339 e. The molecule has 3 unspecified atom stereocenters. The summed E-state index contributed by atoms with van der Waals surface area (Å²) >= 11 is 0. The Morgan fingerprint density at radius 3 is 2.58 bits per heavy atom. The van der Waals surface area contributed by atoms with Crippen molar-refractivity contribution in [3.05, 3.63) is 0 Å². The first kappa shape index (κ1) is 17.7. The molecule has 1 saturated carbocycles. The van der Waals surface area contributed by atoms with Crippen LogP contribution in [0.2, 0.25) is 0 Å². The lowest BCUT2D eigenvalue weighted by Crippen LogP contribution is -2.59. The van der Waals surface area contributed by atoms with E-state index in [0.717, 1.165) is 24.8 Å². The van der Waals surface area contributed by atoms with Gasteiger partial charge < -0.3 is 5.32 Å². The summed E-state index contributed by atoms with van der Waals surface area (Å²) in [6.07, 6.45) is 11.7. The van der Waals surface area contributed by atoms with E-state index >= 15 is 0 Å². The van der Waals surface area contributed by atoms with Gasteiger partial charge in [-0.1, -0.05) is 32.1 Å². The van der Waals surface area contributed by atoms with E-state index in [0.29, 0.717) is 12.8 Å². The maximum atomic E-state index is 12.4. The zero-order valence-corrected chi connectivity index (χ0v) is 14.9. The Labute approximate surface area is 145 Å². The summed E-state index contributed by atoms with van der Waals surface area (Å²) in [5.74, 6) is 1.73. The minimum Gasteiger partial charge on any atom is -0.339 e. The first-order valence-corrected chi connectivity index (χ1v) is 9.68. The number of amides is 2. The molecule has 0 aromatic rings. The van der Waals surface area contributed by atoms with Gasteiger partial charge in [0.2, 0.25) is 11.8 Å². The highest BCUT2D eigenvalue weighted by Gasteiger charge is 2.30. The molecule has 0 aromatic carbocycles. The molecule has 3 rings (SSSR count). The second-order valence-corrected chi connectivity index (χ2v) is 7.83. The second kappa shape index (κ2) is 8.30. The molecule has 0 spiro atoms. The molecule has 3 fully saturated rings. The van der Waals surface area contributed by atoms with E-state index in [1.54, 1.807) is 7.05 Å². The molecule has 3 aliphatic rings. The monoisotopic (exact) mass is 336 g/mol. The van der Waals surface area contributed by atoms with E-state index in [1.807, 2.05) is 0 Å². The van der Waals surface area contributed by atoms with Crippen LogP contribution < -0.4 is 16.1 Å². The van der Waals surface area contributed by atoms with E-state index in [-0.39, 0.29) is 24.0 Å². The molecule has 6 heteroatoms. The van der Waals surface area contributed by atoms with Crippen LogP contribution in [0.3, 0.4) is 0 Å². The number of rotatable bonds is 4. The van der Waals surface area contributed by atoms with Crippen molar-refractivity contribution in [1.29, 1.82) is 0 Å². The van der Waals surface area contributed by atoms with Crippen LogP contribution in [-0.4, -0.2) is 42.6 Å².